The molecule has 2 amide bonds. The van der Waals surface area contributed by atoms with Gasteiger partial charge in [0.1, 0.15) is 5.75 Å². The Morgan fingerprint density at radius 2 is 1.80 bits per heavy atom. The second-order valence-electron chi connectivity index (χ2n) is 7.20. The minimum atomic E-state index is -0.0718. The minimum absolute atomic E-state index is 0.0707. The summed E-state index contributed by atoms with van der Waals surface area (Å²) in [6.45, 7) is 3.40. The molecule has 3 rings (SSSR count). The van der Waals surface area contributed by atoms with E-state index in [0.29, 0.717) is 32.0 Å². The van der Waals surface area contributed by atoms with Gasteiger partial charge in [0.15, 0.2) is 0 Å². The van der Waals surface area contributed by atoms with Crippen LogP contribution in [0.2, 0.25) is 0 Å². The molecule has 1 aliphatic carbocycles. The Morgan fingerprint density at radius 3 is 2.40 bits per heavy atom. The first-order chi connectivity index (χ1) is 12.1. The summed E-state index contributed by atoms with van der Waals surface area (Å²) in [7, 11) is 1.64. The van der Waals surface area contributed by atoms with Crippen molar-refractivity contribution in [2.45, 2.75) is 45.1 Å². The van der Waals surface area contributed by atoms with Crippen LogP contribution >= 0.6 is 0 Å². The molecule has 1 aliphatic heterocycles. The van der Waals surface area contributed by atoms with Crippen molar-refractivity contribution >= 4 is 11.8 Å². The first-order valence-electron chi connectivity index (χ1n) is 9.27. The van der Waals surface area contributed by atoms with E-state index in [1.165, 1.54) is 25.7 Å². The Labute approximate surface area is 149 Å². The zero-order valence-corrected chi connectivity index (χ0v) is 15.2. The largest absolute Gasteiger partial charge is 0.497 e. The van der Waals surface area contributed by atoms with Crippen molar-refractivity contribution in [3.8, 4) is 5.75 Å². The number of methoxy groups -OCH3 is 1. The average Bonchev–Trinajstić information content (AvgIpc) is 3.14. The third kappa shape index (κ3) is 4.14. The lowest BCUT2D eigenvalue weighted by molar-refractivity contribution is -0.142. The summed E-state index contributed by atoms with van der Waals surface area (Å²) in [5.41, 5.74) is 1.06. The third-order valence-electron chi connectivity index (χ3n) is 5.58. The van der Waals surface area contributed by atoms with Crippen molar-refractivity contribution in [3.63, 3.8) is 0 Å². The summed E-state index contributed by atoms with van der Waals surface area (Å²) >= 11 is 0. The van der Waals surface area contributed by atoms with Gasteiger partial charge in [-0.3, -0.25) is 9.59 Å². The predicted molar refractivity (Wildman–Crippen MR) is 96.3 cm³/mol. The van der Waals surface area contributed by atoms with Crippen molar-refractivity contribution in [2.75, 3.05) is 26.7 Å². The SMILES string of the molecule is COc1ccc(C2CN(C(C)=O)CCN2C(=O)CC2CCCC2)cc1. The average molecular weight is 344 g/mol. The second-order valence-corrected chi connectivity index (χ2v) is 7.20. The number of piperazine rings is 1. The molecule has 1 atom stereocenters. The van der Waals surface area contributed by atoms with E-state index in [1.807, 2.05) is 34.1 Å². The predicted octanol–water partition coefficient (Wildman–Crippen LogP) is 3.01. The number of hydrogen-bond acceptors (Lipinski definition) is 3. The normalized spacial score (nSPS) is 21.4. The number of amides is 2. The van der Waals surface area contributed by atoms with E-state index in [9.17, 15) is 9.59 Å². The van der Waals surface area contributed by atoms with Gasteiger partial charge >= 0.3 is 0 Å². The van der Waals surface area contributed by atoms with Crippen LogP contribution in [-0.2, 0) is 9.59 Å². The fraction of sp³-hybridized carbons (Fsp3) is 0.600. The fourth-order valence-corrected chi connectivity index (χ4v) is 4.06. The molecule has 0 aromatic heterocycles. The van der Waals surface area contributed by atoms with Crippen LogP contribution in [0.25, 0.3) is 0 Å². The van der Waals surface area contributed by atoms with E-state index < -0.39 is 0 Å². The monoisotopic (exact) mass is 344 g/mol. The molecular formula is C20H28N2O3. The Kier molecular flexibility index (Phi) is 5.61. The van der Waals surface area contributed by atoms with Crippen LogP contribution in [-0.4, -0.2) is 48.4 Å². The highest BCUT2D eigenvalue weighted by atomic mass is 16.5. The van der Waals surface area contributed by atoms with E-state index in [1.54, 1.807) is 14.0 Å². The van der Waals surface area contributed by atoms with Crippen molar-refractivity contribution in [2.24, 2.45) is 5.92 Å². The van der Waals surface area contributed by atoms with Crippen molar-refractivity contribution in [3.05, 3.63) is 29.8 Å². The van der Waals surface area contributed by atoms with Gasteiger partial charge in [-0.1, -0.05) is 25.0 Å². The molecule has 2 aliphatic rings. The van der Waals surface area contributed by atoms with Crippen LogP contribution in [0.1, 0.15) is 50.6 Å². The van der Waals surface area contributed by atoms with Crippen LogP contribution in [0.5, 0.6) is 5.75 Å². The van der Waals surface area contributed by atoms with Crippen LogP contribution < -0.4 is 4.74 Å². The maximum absolute atomic E-state index is 12.9. The lowest BCUT2D eigenvalue weighted by atomic mass is 9.98. The van der Waals surface area contributed by atoms with E-state index in [4.69, 9.17) is 4.74 Å². The topological polar surface area (TPSA) is 49.9 Å². The Hall–Kier alpha value is -2.04. The van der Waals surface area contributed by atoms with Crippen molar-refractivity contribution in [1.82, 2.24) is 9.80 Å². The number of benzene rings is 1. The fourth-order valence-electron chi connectivity index (χ4n) is 4.06. The first kappa shape index (κ1) is 17.8. The highest BCUT2D eigenvalue weighted by Crippen LogP contribution is 2.32. The first-order valence-corrected chi connectivity index (χ1v) is 9.27. The van der Waals surface area contributed by atoms with E-state index in [-0.39, 0.29) is 17.9 Å². The van der Waals surface area contributed by atoms with Gasteiger partial charge in [-0.25, -0.2) is 0 Å². The lowest BCUT2D eigenvalue weighted by Gasteiger charge is -2.42. The Bertz CT molecular complexity index is 608. The van der Waals surface area contributed by atoms with E-state index in [2.05, 4.69) is 0 Å². The minimum Gasteiger partial charge on any atom is -0.497 e. The number of carbonyl (C=O) groups excluding carboxylic acids is 2. The molecular weight excluding hydrogens is 316 g/mol. The van der Waals surface area contributed by atoms with Gasteiger partial charge in [0, 0.05) is 33.0 Å². The summed E-state index contributed by atoms with van der Waals surface area (Å²) in [5, 5.41) is 0. The number of rotatable bonds is 4. The molecule has 2 fully saturated rings. The van der Waals surface area contributed by atoms with Crippen LogP contribution in [0.3, 0.4) is 0 Å². The molecule has 5 heteroatoms. The van der Waals surface area contributed by atoms with Crippen LogP contribution in [0.15, 0.2) is 24.3 Å². The zero-order chi connectivity index (χ0) is 17.8. The maximum Gasteiger partial charge on any atom is 0.223 e. The summed E-state index contributed by atoms with van der Waals surface area (Å²) < 4.78 is 5.23. The summed E-state index contributed by atoms with van der Waals surface area (Å²) in [6, 6.07) is 7.77. The van der Waals surface area contributed by atoms with Gasteiger partial charge in [-0.2, -0.15) is 0 Å². The molecule has 1 unspecified atom stereocenters. The molecule has 1 aromatic rings. The van der Waals surface area contributed by atoms with Crippen LogP contribution in [0.4, 0.5) is 0 Å². The summed E-state index contributed by atoms with van der Waals surface area (Å²) in [5.74, 6) is 1.64. The van der Waals surface area contributed by atoms with Gasteiger partial charge in [-0.15, -0.1) is 0 Å². The lowest BCUT2D eigenvalue weighted by Crippen LogP contribution is -2.52. The highest BCUT2D eigenvalue weighted by molar-refractivity contribution is 5.78. The Morgan fingerprint density at radius 1 is 1.12 bits per heavy atom. The van der Waals surface area contributed by atoms with Crippen molar-refractivity contribution in [1.29, 1.82) is 0 Å². The molecule has 1 heterocycles. The second kappa shape index (κ2) is 7.89. The molecule has 136 valence electrons. The molecule has 25 heavy (non-hydrogen) atoms. The molecule has 0 radical (unpaired) electrons. The van der Waals surface area contributed by atoms with E-state index >= 15 is 0 Å². The van der Waals surface area contributed by atoms with Gasteiger partial charge < -0.3 is 14.5 Å². The summed E-state index contributed by atoms with van der Waals surface area (Å²) in [4.78, 5) is 28.6. The van der Waals surface area contributed by atoms with Gasteiger partial charge in [0.05, 0.1) is 13.2 Å². The molecule has 0 bridgehead atoms. The molecule has 1 aromatic carbocycles. The van der Waals surface area contributed by atoms with E-state index in [0.717, 1.165) is 11.3 Å². The number of carbonyl (C=O) groups is 2. The molecule has 1 saturated carbocycles. The van der Waals surface area contributed by atoms with Crippen LogP contribution in [0, 0.1) is 5.92 Å². The number of nitrogens with zero attached hydrogens (tertiary/aromatic N) is 2. The standard InChI is InChI=1S/C20H28N2O3/c1-15(23)21-11-12-22(20(24)13-16-5-3-4-6-16)19(14-21)17-7-9-18(25-2)10-8-17/h7-10,16,19H,3-6,11-14H2,1-2H3. The highest BCUT2D eigenvalue weighted by Gasteiger charge is 2.33. The Balaban J connectivity index is 1.78. The quantitative estimate of drug-likeness (QED) is 0.844. The van der Waals surface area contributed by atoms with Crippen molar-refractivity contribution < 1.29 is 14.3 Å². The molecule has 0 N–H and O–H groups in total. The van der Waals surface area contributed by atoms with Gasteiger partial charge in [0.2, 0.25) is 11.8 Å². The molecule has 5 nitrogen and oxygen atoms in total. The smallest absolute Gasteiger partial charge is 0.223 e. The maximum atomic E-state index is 12.9. The number of hydrogen-bond donors (Lipinski definition) is 0. The number of ether oxygens (including phenoxy) is 1. The van der Waals surface area contributed by atoms with Gasteiger partial charge in [-0.05, 0) is 36.5 Å². The molecule has 0 spiro atoms. The molecule has 1 saturated heterocycles. The third-order valence-corrected chi connectivity index (χ3v) is 5.58. The zero-order valence-electron chi connectivity index (χ0n) is 15.2. The van der Waals surface area contributed by atoms with Gasteiger partial charge in [0.25, 0.3) is 0 Å². The summed E-state index contributed by atoms with van der Waals surface area (Å²) in [6.07, 6.45) is 5.49.